The molecule has 5 nitrogen and oxygen atoms in total. The summed E-state index contributed by atoms with van der Waals surface area (Å²) in [4.78, 5) is 22.1. The number of carbonyl (C=O) groups excluding carboxylic acids is 1. The molecule has 6 heteroatoms. The minimum Gasteiger partial charge on any atom is -0.362 e. The highest BCUT2D eigenvalue weighted by atomic mass is 32.1. The average molecular weight is 381 g/mol. The van der Waals surface area contributed by atoms with E-state index in [4.69, 9.17) is 9.97 Å². The molecule has 0 bridgehead atoms. The Kier molecular flexibility index (Phi) is 4.83. The number of amides is 1. The fourth-order valence-corrected chi connectivity index (χ4v) is 3.92. The van der Waals surface area contributed by atoms with E-state index in [0.717, 1.165) is 34.4 Å². The maximum absolute atomic E-state index is 12.7. The fraction of sp³-hybridized carbons (Fsp3) is 0.381. The maximum Gasteiger partial charge on any atom is 0.252 e. The van der Waals surface area contributed by atoms with Crippen molar-refractivity contribution >= 4 is 34.0 Å². The van der Waals surface area contributed by atoms with Gasteiger partial charge in [-0.15, -0.1) is 11.3 Å². The van der Waals surface area contributed by atoms with Gasteiger partial charge in [-0.05, 0) is 31.9 Å². The minimum atomic E-state index is -0.0254. The van der Waals surface area contributed by atoms with Gasteiger partial charge in [0.25, 0.3) is 5.91 Å². The van der Waals surface area contributed by atoms with E-state index >= 15 is 0 Å². The first kappa shape index (κ1) is 17.9. The summed E-state index contributed by atoms with van der Waals surface area (Å²) >= 11 is 1.69. The highest BCUT2D eigenvalue weighted by molar-refractivity contribution is 7.09. The molecule has 2 heterocycles. The largest absolute Gasteiger partial charge is 0.362 e. The summed E-state index contributed by atoms with van der Waals surface area (Å²) < 4.78 is 0. The number of anilines is 1. The van der Waals surface area contributed by atoms with Crippen LogP contribution in [0.2, 0.25) is 0 Å². The van der Waals surface area contributed by atoms with E-state index in [0.29, 0.717) is 23.3 Å². The Balaban J connectivity index is 1.63. The van der Waals surface area contributed by atoms with Crippen LogP contribution < -0.4 is 10.6 Å². The first-order chi connectivity index (χ1) is 13.0. The molecule has 2 N–H and O–H groups in total. The van der Waals surface area contributed by atoms with Gasteiger partial charge >= 0.3 is 0 Å². The molecule has 1 aliphatic carbocycles. The first-order valence-corrected chi connectivity index (χ1v) is 10.3. The highest BCUT2D eigenvalue weighted by Gasteiger charge is 2.25. The lowest BCUT2D eigenvalue weighted by Gasteiger charge is -2.15. The number of fused-ring (bicyclic) bond motifs is 1. The first-order valence-electron chi connectivity index (χ1n) is 9.44. The molecule has 4 rings (SSSR count). The molecule has 2 aromatic heterocycles. The molecule has 1 aliphatic rings. The van der Waals surface area contributed by atoms with Gasteiger partial charge in [0.2, 0.25) is 0 Å². The number of nitrogens with one attached hydrogen (secondary N) is 2. The van der Waals surface area contributed by atoms with Gasteiger partial charge < -0.3 is 10.6 Å². The molecule has 0 aliphatic heterocycles. The number of hydrogen-bond donors (Lipinski definition) is 2. The predicted molar refractivity (Wildman–Crippen MR) is 110 cm³/mol. The normalized spacial score (nSPS) is 15.1. The maximum atomic E-state index is 12.7. The Morgan fingerprint density at radius 1 is 1.19 bits per heavy atom. The van der Waals surface area contributed by atoms with Crippen molar-refractivity contribution in [1.29, 1.82) is 0 Å². The predicted octanol–water partition coefficient (Wildman–Crippen LogP) is 4.88. The van der Waals surface area contributed by atoms with Crippen molar-refractivity contribution in [2.45, 2.75) is 51.6 Å². The van der Waals surface area contributed by atoms with Gasteiger partial charge in [0.1, 0.15) is 5.82 Å². The topological polar surface area (TPSA) is 66.9 Å². The molecular weight excluding hydrogens is 356 g/mol. The van der Waals surface area contributed by atoms with E-state index in [1.807, 2.05) is 30.3 Å². The number of hydrogen-bond acceptors (Lipinski definition) is 5. The van der Waals surface area contributed by atoms with Gasteiger partial charge in [0.05, 0.1) is 27.8 Å². The van der Waals surface area contributed by atoms with Crippen LogP contribution >= 0.6 is 11.3 Å². The van der Waals surface area contributed by atoms with E-state index in [9.17, 15) is 4.79 Å². The van der Waals surface area contributed by atoms with Crippen LogP contribution in [0.5, 0.6) is 0 Å². The molecule has 0 radical (unpaired) electrons. The molecule has 3 aromatic rings. The molecule has 1 atom stereocenters. The third kappa shape index (κ3) is 3.95. The van der Waals surface area contributed by atoms with Gasteiger partial charge in [0.15, 0.2) is 0 Å². The zero-order chi connectivity index (χ0) is 19.0. The van der Waals surface area contributed by atoms with E-state index in [1.165, 1.54) is 0 Å². The van der Waals surface area contributed by atoms with E-state index < -0.39 is 0 Å². The molecule has 1 saturated carbocycles. The van der Waals surface area contributed by atoms with Gasteiger partial charge in [-0.25, -0.2) is 9.97 Å². The lowest BCUT2D eigenvalue weighted by atomic mass is 10.1. The molecule has 140 valence electrons. The number of nitrogens with zero attached hydrogens (tertiary/aromatic N) is 2. The standard InChI is InChI=1S/C21H24N4OS/c1-12(2)21-25-18(11-27-21)13(3)22-19-10-16(20(26)23-14-8-9-14)15-6-4-5-7-17(15)24-19/h4-7,10-14H,8-9H2,1-3H3,(H,22,24)(H,23,26). The van der Waals surface area contributed by atoms with Crippen LogP contribution in [0, 0.1) is 0 Å². The summed E-state index contributed by atoms with van der Waals surface area (Å²) in [7, 11) is 0. The van der Waals surface area contributed by atoms with Crippen LogP contribution in [0.4, 0.5) is 5.82 Å². The zero-order valence-electron chi connectivity index (χ0n) is 15.8. The molecule has 1 unspecified atom stereocenters. The summed E-state index contributed by atoms with van der Waals surface area (Å²) in [6.45, 7) is 6.37. The summed E-state index contributed by atoms with van der Waals surface area (Å²) in [6, 6.07) is 9.97. The third-order valence-electron chi connectivity index (χ3n) is 4.72. The lowest BCUT2D eigenvalue weighted by molar-refractivity contribution is 0.0952. The molecule has 1 fully saturated rings. The van der Waals surface area contributed by atoms with Crippen LogP contribution in [0.15, 0.2) is 35.7 Å². The number of aromatic nitrogens is 2. The van der Waals surface area contributed by atoms with E-state index in [2.05, 4.69) is 36.8 Å². The van der Waals surface area contributed by atoms with Crippen LogP contribution in [-0.2, 0) is 0 Å². The molecule has 0 spiro atoms. The molecular formula is C21H24N4OS. The Bertz CT molecular complexity index is 977. The summed E-state index contributed by atoms with van der Waals surface area (Å²) in [6.07, 6.45) is 2.14. The van der Waals surface area contributed by atoms with Gasteiger partial charge in [-0.3, -0.25) is 4.79 Å². The van der Waals surface area contributed by atoms with Crippen molar-refractivity contribution in [2.75, 3.05) is 5.32 Å². The molecule has 1 amide bonds. The van der Waals surface area contributed by atoms with Crippen molar-refractivity contribution in [3.05, 3.63) is 52.0 Å². The third-order valence-corrected chi connectivity index (χ3v) is 5.88. The number of pyridine rings is 1. The SMILES string of the molecule is CC(C)c1nc(C(C)Nc2cc(C(=O)NC3CC3)c3ccccc3n2)cs1. The van der Waals surface area contributed by atoms with Crippen molar-refractivity contribution in [2.24, 2.45) is 0 Å². The second-order valence-electron chi connectivity index (χ2n) is 7.45. The van der Waals surface area contributed by atoms with Gasteiger partial charge in [-0.1, -0.05) is 32.0 Å². The lowest BCUT2D eigenvalue weighted by Crippen LogP contribution is -2.26. The van der Waals surface area contributed by atoms with Crippen molar-refractivity contribution in [3.8, 4) is 0 Å². The van der Waals surface area contributed by atoms with E-state index in [1.54, 1.807) is 11.3 Å². The van der Waals surface area contributed by atoms with Crippen LogP contribution in [0.1, 0.15) is 66.6 Å². The summed E-state index contributed by atoms with van der Waals surface area (Å²) in [5.41, 5.74) is 2.49. The molecule has 0 saturated heterocycles. The fourth-order valence-electron chi connectivity index (χ4n) is 2.99. The van der Waals surface area contributed by atoms with Gasteiger partial charge in [-0.2, -0.15) is 0 Å². The summed E-state index contributed by atoms with van der Waals surface area (Å²) in [5.74, 6) is 1.09. The quantitative estimate of drug-likeness (QED) is 0.639. The Morgan fingerprint density at radius 2 is 1.96 bits per heavy atom. The Morgan fingerprint density at radius 3 is 2.67 bits per heavy atom. The second kappa shape index (κ2) is 7.27. The summed E-state index contributed by atoms with van der Waals surface area (Å²) in [5, 5.41) is 10.6. The number of benzene rings is 1. The smallest absolute Gasteiger partial charge is 0.252 e. The Hall–Kier alpha value is -2.47. The average Bonchev–Trinajstić information content (AvgIpc) is 3.31. The molecule has 27 heavy (non-hydrogen) atoms. The van der Waals surface area contributed by atoms with Crippen molar-refractivity contribution < 1.29 is 4.79 Å². The van der Waals surface area contributed by atoms with E-state index in [-0.39, 0.29) is 11.9 Å². The van der Waals surface area contributed by atoms with Crippen LogP contribution in [-0.4, -0.2) is 21.9 Å². The number of carbonyl (C=O) groups is 1. The van der Waals surface area contributed by atoms with Crippen LogP contribution in [0.25, 0.3) is 10.9 Å². The second-order valence-corrected chi connectivity index (χ2v) is 8.34. The number of rotatable bonds is 6. The molecule has 1 aromatic carbocycles. The zero-order valence-corrected chi connectivity index (χ0v) is 16.6. The number of para-hydroxylation sites is 1. The van der Waals surface area contributed by atoms with Crippen molar-refractivity contribution in [3.63, 3.8) is 0 Å². The monoisotopic (exact) mass is 380 g/mol. The van der Waals surface area contributed by atoms with Crippen LogP contribution in [0.3, 0.4) is 0 Å². The van der Waals surface area contributed by atoms with Gasteiger partial charge in [0, 0.05) is 22.7 Å². The minimum absolute atomic E-state index is 0.0155. The number of thiazole rings is 1. The Labute approximate surface area is 163 Å². The van der Waals surface area contributed by atoms with Crippen molar-refractivity contribution in [1.82, 2.24) is 15.3 Å². The highest BCUT2D eigenvalue weighted by Crippen LogP contribution is 2.27.